The normalized spacial score (nSPS) is 10.5. The van der Waals surface area contributed by atoms with Gasteiger partial charge >= 0.3 is 11.8 Å². The van der Waals surface area contributed by atoms with E-state index in [1.54, 1.807) is 0 Å². The van der Waals surface area contributed by atoms with Crippen molar-refractivity contribution in [3.05, 3.63) is 52.8 Å². The van der Waals surface area contributed by atoms with Crippen LogP contribution in [0.4, 0.5) is 10.1 Å². The van der Waals surface area contributed by atoms with Crippen LogP contribution in [0.15, 0.2) is 41.5 Å². The molecule has 0 unspecified atom stereocenters. The number of aromatic hydroxyl groups is 1. The summed E-state index contributed by atoms with van der Waals surface area (Å²) in [5.74, 6) is -2.94. The Morgan fingerprint density at radius 1 is 1.28 bits per heavy atom. The number of rotatable bonds is 4. The molecule has 0 saturated heterocycles. The summed E-state index contributed by atoms with van der Waals surface area (Å²) in [6.45, 7) is 0. The Balaban J connectivity index is 1.99. The lowest BCUT2D eigenvalue weighted by Gasteiger charge is -2.06. The summed E-state index contributed by atoms with van der Waals surface area (Å²) in [4.78, 5) is 23.3. The molecular weight excluding hydrogens is 353 g/mol. The van der Waals surface area contributed by atoms with Crippen LogP contribution in [0.5, 0.6) is 11.5 Å². The maximum Gasteiger partial charge on any atom is 0.329 e. The molecule has 2 amide bonds. The minimum Gasteiger partial charge on any atom is -0.503 e. The van der Waals surface area contributed by atoms with Crippen LogP contribution in [0.1, 0.15) is 5.56 Å². The van der Waals surface area contributed by atoms with Crippen molar-refractivity contribution in [2.24, 2.45) is 5.10 Å². The second-order valence-electron chi connectivity index (χ2n) is 4.69. The van der Waals surface area contributed by atoms with Gasteiger partial charge in [0.05, 0.1) is 24.0 Å². The summed E-state index contributed by atoms with van der Waals surface area (Å²) in [7, 11) is 1.35. The van der Waals surface area contributed by atoms with Gasteiger partial charge in [-0.05, 0) is 29.8 Å². The topological polar surface area (TPSA) is 100 Å². The molecule has 0 radical (unpaired) electrons. The summed E-state index contributed by atoms with van der Waals surface area (Å²) in [6, 6.07) is 8.23. The summed E-state index contributed by atoms with van der Waals surface area (Å²) < 4.78 is 18.3. The van der Waals surface area contributed by atoms with Gasteiger partial charge in [0.1, 0.15) is 5.82 Å². The molecule has 25 heavy (non-hydrogen) atoms. The first-order chi connectivity index (χ1) is 11.9. The van der Waals surface area contributed by atoms with Crippen molar-refractivity contribution in [1.82, 2.24) is 5.43 Å². The maximum atomic E-state index is 13.4. The van der Waals surface area contributed by atoms with E-state index in [1.165, 1.54) is 43.7 Å². The quantitative estimate of drug-likeness (QED) is 0.439. The molecule has 0 aromatic heterocycles. The molecule has 9 heteroatoms. The maximum absolute atomic E-state index is 13.4. The van der Waals surface area contributed by atoms with Crippen molar-refractivity contribution < 1.29 is 23.8 Å². The van der Waals surface area contributed by atoms with Crippen molar-refractivity contribution in [3.63, 3.8) is 0 Å². The Kier molecular flexibility index (Phi) is 5.91. The van der Waals surface area contributed by atoms with Crippen molar-refractivity contribution in [2.75, 3.05) is 12.4 Å². The number of ether oxygens (including phenoxy) is 1. The highest BCUT2D eigenvalue weighted by Gasteiger charge is 2.14. The van der Waals surface area contributed by atoms with Gasteiger partial charge in [0.25, 0.3) is 0 Å². The van der Waals surface area contributed by atoms with Crippen LogP contribution in [-0.2, 0) is 9.59 Å². The number of anilines is 1. The van der Waals surface area contributed by atoms with E-state index in [1.807, 2.05) is 5.43 Å². The number of halogens is 2. The van der Waals surface area contributed by atoms with Crippen LogP contribution in [0, 0.1) is 5.82 Å². The SMILES string of the molecule is COc1cc(/C=N\NC(=O)C(=O)Nc2ccccc2F)cc(Cl)c1O. The molecule has 7 nitrogen and oxygen atoms in total. The van der Waals surface area contributed by atoms with Crippen LogP contribution in [0.25, 0.3) is 0 Å². The molecule has 2 rings (SSSR count). The molecule has 0 aliphatic carbocycles. The predicted octanol–water partition coefficient (Wildman–Crippen LogP) is 2.28. The fraction of sp³-hybridized carbons (Fsp3) is 0.0625. The Bertz CT molecular complexity index is 842. The largest absolute Gasteiger partial charge is 0.503 e. The van der Waals surface area contributed by atoms with Gasteiger partial charge in [-0.25, -0.2) is 9.82 Å². The van der Waals surface area contributed by atoms with Crippen molar-refractivity contribution >= 4 is 35.3 Å². The number of nitrogens with one attached hydrogen (secondary N) is 2. The van der Waals surface area contributed by atoms with Gasteiger partial charge in [-0.2, -0.15) is 5.10 Å². The average molecular weight is 366 g/mol. The fourth-order valence-corrected chi connectivity index (χ4v) is 2.00. The Morgan fingerprint density at radius 3 is 2.68 bits per heavy atom. The number of hydrogen-bond acceptors (Lipinski definition) is 5. The number of phenolic OH excluding ortho intramolecular Hbond substituents is 1. The molecule has 0 spiro atoms. The van der Waals surface area contributed by atoms with Crippen molar-refractivity contribution in [2.45, 2.75) is 0 Å². The third kappa shape index (κ3) is 4.67. The Morgan fingerprint density at radius 2 is 2.00 bits per heavy atom. The lowest BCUT2D eigenvalue weighted by molar-refractivity contribution is -0.136. The van der Waals surface area contributed by atoms with E-state index in [0.29, 0.717) is 5.56 Å². The molecule has 0 saturated carbocycles. The zero-order chi connectivity index (χ0) is 18.4. The molecular formula is C16H13ClFN3O4. The highest BCUT2D eigenvalue weighted by molar-refractivity contribution is 6.39. The molecule has 0 bridgehead atoms. The van der Waals surface area contributed by atoms with E-state index in [-0.39, 0.29) is 22.2 Å². The Hall–Kier alpha value is -3.13. The van der Waals surface area contributed by atoms with Crippen LogP contribution in [-0.4, -0.2) is 30.2 Å². The van der Waals surface area contributed by atoms with Gasteiger partial charge in [0.2, 0.25) is 0 Å². The first-order valence-corrected chi connectivity index (χ1v) is 7.25. The second kappa shape index (κ2) is 8.11. The van der Waals surface area contributed by atoms with Crippen LogP contribution < -0.4 is 15.5 Å². The van der Waals surface area contributed by atoms with Gasteiger partial charge in [-0.3, -0.25) is 9.59 Å². The molecule has 0 aliphatic heterocycles. The number of para-hydroxylation sites is 1. The second-order valence-corrected chi connectivity index (χ2v) is 5.09. The van der Waals surface area contributed by atoms with Gasteiger partial charge in [-0.1, -0.05) is 23.7 Å². The number of carbonyl (C=O) groups excluding carboxylic acids is 2. The first-order valence-electron chi connectivity index (χ1n) is 6.87. The highest BCUT2D eigenvalue weighted by Crippen LogP contribution is 2.34. The predicted molar refractivity (Wildman–Crippen MR) is 90.4 cm³/mol. The van der Waals surface area contributed by atoms with E-state index < -0.39 is 17.6 Å². The van der Waals surface area contributed by atoms with Gasteiger partial charge < -0.3 is 15.2 Å². The number of nitrogens with zero attached hydrogens (tertiary/aromatic N) is 1. The highest BCUT2D eigenvalue weighted by atomic mass is 35.5. The van der Waals surface area contributed by atoms with Crippen LogP contribution >= 0.6 is 11.6 Å². The number of carbonyl (C=O) groups is 2. The van der Waals surface area contributed by atoms with E-state index >= 15 is 0 Å². The zero-order valence-corrected chi connectivity index (χ0v) is 13.7. The van der Waals surface area contributed by atoms with E-state index in [0.717, 1.165) is 6.07 Å². The summed E-state index contributed by atoms with van der Waals surface area (Å²) in [5.41, 5.74) is 2.28. The van der Waals surface area contributed by atoms with Gasteiger partial charge in [-0.15, -0.1) is 0 Å². The lowest BCUT2D eigenvalue weighted by atomic mass is 10.2. The summed E-state index contributed by atoms with van der Waals surface area (Å²) in [6.07, 6.45) is 1.20. The molecule has 0 aliphatic rings. The van der Waals surface area contributed by atoms with Gasteiger partial charge in [0, 0.05) is 0 Å². The molecule has 3 N–H and O–H groups in total. The number of hydrogen-bond donors (Lipinski definition) is 3. The van der Waals surface area contributed by atoms with E-state index in [9.17, 15) is 19.1 Å². The lowest BCUT2D eigenvalue weighted by Crippen LogP contribution is -2.32. The Labute approximate surface area is 147 Å². The smallest absolute Gasteiger partial charge is 0.329 e. The van der Waals surface area contributed by atoms with E-state index in [2.05, 4.69) is 10.4 Å². The summed E-state index contributed by atoms with van der Waals surface area (Å²) in [5, 5.41) is 15.4. The number of phenols is 1. The molecule has 2 aromatic carbocycles. The monoisotopic (exact) mass is 365 g/mol. The third-order valence-electron chi connectivity index (χ3n) is 2.98. The summed E-state index contributed by atoms with van der Waals surface area (Å²) >= 11 is 5.82. The fourth-order valence-electron chi connectivity index (χ4n) is 1.78. The van der Waals surface area contributed by atoms with Crippen LogP contribution in [0.2, 0.25) is 5.02 Å². The van der Waals surface area contributed by atoms with Crippen LogP contribution in [0.3, 0.4) is 0 Å². The zero-order valence-electron chi connectivity index (χ0n) is 12.9. The molecule has 0 heterocycles. The molecule has 130 valence electrons. The number of amides is 2. The van der Waals surface area contributed by atoms with Gasteiger partial charge in [0.15, 0.2) is 11.5 Å². The minimum absolute atomic E-state index is 0.0319. The molecule has 0 fully saturated rings. The number of hydrazone groups is 1. The van der Waals surface area contributed by atoms with E-state index in [4.69, 9.17) is 16.3 Å². The van der Waals surface area contributed by atoms with Crippen molar-refractivity contribution in [1.29, 1.82) is 0 Å². The minimum atomic E-state index is -1.09. The molecule has 2 aromatic rings. The third-order valence-corrected chi connectivity index (χ3v) is 3.27. The first kappa shape index (κ1) is 18.2. The number of methoxy groups -OCH3 is 1. The standard InChI is InChI=1S/C16H13ClFN3O4/c1-25-13-7-9(6-10(17)14(13)22)8-19-21-16(24)15(23)20-12-5-3-2-4-11(12)18/h2-8,22H,1H3,(H,20,23)(H,21,24)/b19-8-. The molecule has 0 atom stereocenters. The van der Waals surface area contributed by atoms with Crippen molar-refractivity contribution in [3.8, 4) is 11.5 Å². The number of benzene rings is 2. The average Bonchev–Trinajstić information content (AvgIpc) is 2.59.